The van der Waals surface area contributed by atoms with Crippen LogP contribution in [0.5, 0.6) is 0 Å². The van der Waals surface area contributed by atoms with Gasteiger partial charge in [0.05, 0.1) is 6.42 Å². The molecule has 1 aromatic carbocycles. The first-order valence-electron chi connectivity index (χ1n) is 3.87. The van der Waals surface area contributed by atoms with Gasteiger partial charge in [-0.3, -0.25) is 4.79 Å². The second-order valence-corrected chi connectivity index (χ2v) is 3.00. The molecular weight excluding hydrogens is 188 g/mol. The van der Waals surface area contributed by atoms with Crippen LogP contribution in [0.2, 0.25) is 0 Å². The van der Waals surface area contributed by atoms with E-state index >= 15 is 0 Å². The summed E-state index contributed by atoms with van der Waals surface area (Å²) in [6.07, 6.45) is 0.117. The highest BCUT2D eigenvalue weighted by Gasteiger charge is 2.02. The van der Waals surface area contributed by atoms with Crippen molar-refractivity contribution in [3.8, 4) is 0 Å². The van der Waals surface area contributed by atoms with Crippen LogP contribution in [0.4, 0.5) is 0 Å². The molecule has 0 amide bonds. The predicted molar refractivity (Wildman–Crippen MR) is 54.5 cm³/mol. The standard InChI is InChI=1S/C10H12O2.ClH/c1-7-3-4-9(6-10(11)12)8(2)5-7;/h3-5H,6H2,1-2H3,(H,11,12);1H. The average Bonchev–Trinajstić information content (AvgIpc) is 1.94. The molecule has 13 heavy (non-hydrogen) atoms. The summed E-state index contributed by atoms with van der Waals surface area (Å²) < 4.78 is 0. The summed E-state index contributed by atoms with van der Waals surface area (Å²) in [5, 5.41) is 8.56. The number of aliphatic carboxylic acids is 1. The van der Waals surface area contributed by atoms with E-state index in [1.165, 1.54) is 5.56 Å². The van der Waals surface area contributed by atoms with Crippen LogP contribution in [0.25, 0.3) is 0 Å². The lowest BCUT2D eigenvalue weighted by molar-refractivity contribution is -0.136. The first-order chi connectivity index (χ1) is 5.59. The Labute approximate surface area is 84.0 Å². The normalized spacial score (nSPS) is 9.08. The lowest BCUT2D eigenvalue weighted by atomic mass is 10.0. The fraction of sp³-hybridized carbons (Fsp3) is 0.300. The van der Waals surface area contributed by atoms with Crippen molar-refractivity contribution in [2.45, 2.75) is 20.3 Å². The zero-order valence-electron chi connectivity index (χ0n) is 7.70. The zero-order valence-corrected chi connectivity index (χ0v) is 8.52. The number of benzene rings is 1. The maximum Gasteiger partial charge on any atom is 0.307 e. The fourth-order valence-corrected chi connectivity index (χ4v) is 1.21. The number of halogens is 1. The third kappa shape index (κ3) is 3.47. The first kappa shape index (κ1) is 12.0. The van der Waals surface area contributed by atoms with Crippen LogP contribution in [0.1, 0.15) is 16.7 Å². The molecule has 0 aliphatic carbocycles. The van der Waals surface area contributed by atoms with Crippen molar-refractivity contribution in [1.29, 1.82) is 0 Å². The number of carbonyl (C=O) groups is 1. The van der Waals surface area contributed by atoms with Crippen LogP contribution in [0.3, 0.4) is 0 Å². The molecule has 0 aliphatic heterocycles. The van der Waals surface area contributed by atoms with Gasteiger partial charge in [-0.15, -0.1) is 12.4 Å². The minimum atomic E-state index is -0.776. The van der Waals surface area contributed by atoms with E-state index in [-0.39, 0.29) is 18.8 Å². The lowest BCUT2D eigenvalue weighted by Crippen LogP contribution is -2.01. The lowest BCUT2D eigenvalue weighted by Gasteiger charge is -2.02. The van der Waals surface area contributed by atoms with Gasteiger partial charge in [-0.1, -0.05) is 23.8 Å². The van der Waals surface area contributed by atoms with Crippen LogP contribution >= 0.6 is 12.4 Å². The Kier molecular flexibility index (Phi) is 4.49. The van der Waals surface area contributed by atoms with E-state index in [1.807, 2.05) is 32.0 Å². The van der Waals surface area contributed by atoms with Gasteiger partial charge in [-0.05, 0) is 25.0 Å². The van der Waals surface area contributed by atoms with Gasteiger partial charge < -0.3 is 5.11 Å². The molecule has 0 radical (unpaired) electrons. The van der Waals surface area contributed by atoms with Crippen LogP contribution in [-0.2, 0) is 11.2 Å². The molecule has 0 heterocycles. The van der Waals surface area contributed by atoms with Crippen molar-refractivity contribution in [3.63, 3.8) is 0 Å². The van der Waals surface area contributed by atoms with Gasteiger partial charge in [-0.2, -0.15) is 0 Å². The van der Waals surface area contributed by atoms with Gasteiger partial charge in [0.1, 0.15) is 0 Å². The first-order valence-corrected chi connectivity index (χ1v) is 3.87. The summed E-state index contributed by atoms with van der Waals surface area (Å²) in [4.78, 5) is 10.4. The third-order valence-corrected chi connectivity index (χ3v) is 1.84. The van der Waals surface area contributed by atoms with Crippen molar-refractivity contribution >= 4 is 18.4 Å². The number of rotatable bonds is 2. The van der Waals surface area contributed by atoms with E-state index in [4.69, 9.17) is 5.11 Å². The van der Waals surface area contributed by atoms with Gasteiger partial charge >= 0.3 is 5.97 Å². The van der Waals surface area contributed by atoms with E-state index in [9.17, 15) is 4.79 Å². The topological polar surface area (TPSA) is 37.3 Å². The van der Waals surface area contributed by atoms with Gasteiger partial charge in [0, 0.05) is 0 Å². The minimum absolute atomic E-state index is 0. The average molecular weight is 201 g/mol. The Morgan fingerprint density at radius 1 is 1.38 bits per heavy atom. The molecule has 0 aliphatic rings. The fourth-order valence-electron chi connectivity index (χ4n) is 1.21. The molecule has 0 spiro atoms. The van der Waals surface area contributed by atoms with E-state index in [1.54, 1.807) is 0 Å². The molecule has 2 nitrogen and oxygen atoms in total. The van der Waals surface area contributed by atoms with E-state index in [0.29, 0.717) is 0 Å². The van der Waals surface area contributed by atoms with Crippen molar-refractivity contribution < 1.29 is 9.90 Å². The third-order valence-electron chi connectivity index (χ3n) is 1.84. The van der Waals surface area contributed by atoms with Gasteiger partial charge in [0.15, 0.2) is 0 Å². The Bertz CT molecular complexity index is 308. The Balaban J connectivity index is 0.00000144. The van der Waals surface area contributed by atoms with Gasteiger partial charge in [0.2, 0.25) is 0 Å². The number of hydrogen-bond acceptors (Lipinski definition) is 1. The Hall–Kier alpha value is -1.02. The zero-order chi connectivity index (χ0) is 9.14. The number of aryl methyl sites for hydroxylation is 2. The molecule has 72 valence electrons. The molecular formula is C10H13ClO2. The molecule has 1 rings (SSSR count). The molecule has 1 N–H and O–H groups in total. The predicted octanol–water partition coefficient (Wildman–Crippen LogP) is 2.35. The van der Waals surface area contributed by atoms with Crippen molar-refractivity contribution in [2.75, 3.05) is 0 Å². The summed E-state index contributed by atoms with van der Waals surface area (Å²) >= 11 is 0. The molecule has 0 saturated heterocycles. The maximum absolute atomic E-state index is 10.4. The molecule has 1 aromatic rings. The summed E-state index contributed by atoms with van der Waals surface area (Å²) in [5.74, 6) is -0.776. The van der Waals surface area contributed by atoms with E-state index in [2.05, 4.69) is 0 Å². The summed E-state index contributed by atoms with van der Waals surface area (Å²) in [6.45, 7) is 3.93. The molecule has 0 aromatic heterocycles. The summed E-state index contributed by atoms with van der Waals surface area (Å²) in [5.41, 5.74) is 3.12. The Morgan fingerprint density at radius 3 is 2.46 bits per heavy atom. The number of carboxylic acids is 1. The monoisotopic (exact) mass is 200 g/mol. The van der Waals surface area contributed by atoms with Crippen LogP contribution < -0.4 is 0 Å². The molecule has 0 fully saturated rings. The van der Waals surface area contributed by atoms with Crippen LogP contribution in [-0.4, -0.2) is 11.1 Å². The summed E-state index contributed by atoms with van der Waals surface area (Å²) in [6, 6.07) is 5.81. The SMILES string of the molecule is Cc1ccc(CC(=O)O)c(C)c1.Cl. The minimum Gasteiger partial charge on any atom is -0.481 e. The van der Waals surface area contributed by atoms with E-state index in [0.717, 1.165) is 11.1 Å². The Morgan fingerprint density at radius 2 is 2.00 bits per heavy atom. The van der Waals surface area contributed by atoms with Gasteiger partial charge in [-0.25, -0.2) is 0 Å². The number of hydrogen-bond donors (Lipinski definition) is 1. The molecule has 0 saturated carbocycles. The smallest absolute Gasteiger partial charge is 0.307 e. The summed E-state index contributed by atoms with van der Waals surface area (Å²) in [7, 11) is 0. The number of carboxylic acid groups (broad SMARTS) is 1. The molecule has 0 bridgehead atoms. The highest BCUT2D eigenvalue weighted by molar-refractivity contribution is 5.85. The quantitative estimate of drug-likeness (QED) is 0.796. The maximum atomic E-state index is 10.4. The van der Waals surface area contributed by atoms with E-state index < -0.39 is 5.97 Å². The van der Waals surface area contributed by atoms with Gasteiger partial charge in [0.25, 0.3) is 0 Å². The van der Waals surface area contributed by atoms with Crippen molar-refractivity contribution in [3.05, 3.63) is 34.9 Å². The van der Waals surface area contributed by atoms with Crippen LogP contribution in [0, 0.1) is 13.8 Å². The highest BCUT2D eigenvalue weighted by Crippen LogP contribution is 2.10. The van der Waals surface area contributed by atoms with Crippen molar-refractivity contribution in [2.24, 2.45) is 0 Å². The highest BCUT2D eigenvalue weighted by atomic mass is 35.5. The molecule has 0 unspecified atom stereocenters. The molecule has 0 atom stereocenters. The van der Waals surface area contributed by atoms with Crippen LogP contribution in [0.15, 0.2) is 18.2 Å². The second-order valence-electron chi connectivity index (χ2n) is 3.00. The second kappa shape index (κ2) is 4.87. The molecule has 3 heteroatoms. The largest absolute Gasteiger partial charge is 0.481 e. The van der Waals surface area contributed by atoms with Crippen molar-refractivity contribution in [1.82, 2.24) is 0 Å².